The third-order valence-corrected chi connectivity index (χ3v) is 3.35. The van der Waals surface area contributed by atoms with Gasteiger partial charge in [0.25, 0.3) is 5.56 Å². The van der Waals surface area contributed by atoms with Crippen molar-refractivity contribution in [1.82, 2.24) is 20.2 Å². The van der Waals surface area contributed by atoms with Gasteiger partial charge >= 0.3 is 18.2 Å². The molecule has 2 aromatic heterocycles. The second-order valence-corrected chi connectivity index (χ2v) is 5.46. The Labute approximate surface area is 154 Å². The molecule has 152 valence electrons. The van der Waals surface area contributed by atoms with Crippen LogP contribution in [0.15, 0.2) is 15.5 Å². The minimum atomic E-state index is -4.64. The number of alkyl halides is 3. The van der Waals surface area contributed by atoms with Crippen LogP contribution >= 0.6 is 0 Å². The van der Waals surface area contributed by atoms with Crippen molar-refractivity contribution < 1.29 is 36.7 Å². The smallest absolute Gasteiger partial charge is 0.405 e. The molecule has 0 spiro atoms. The van der Waals surface area contributed by atoms with Gasteiger partial charge in [-0.3, -0.25) is 19.5 Å². The van der Waals surface area contributed by atoms with E-state index in [2.05, 4.69) is 4.98 Å². The fourth-order valence-corrected chi connectivity index (χ4v) is 2.24. The van der Waals surface area contributed by atoms with E-state index in [4.69, 9.17) is 9.15 Å². The lowest BCUT2D eigenvalue weighted by atomic mass is 10.2. The lowest BCUT2D eigenvalue weighted by Crippen LogP contribution is -2.45. The Hall–Kier alpha value is -3.38. The molecule has 0 atom stereocenters. The fourth-order valence-electron chi connectivity index (χ4n) is 2.24. The van der Waals surface area contributed by atoms with Gasteiger partial charge in [0.2, 0.25) is 11.6 Å². The zero-order valence-electron chi connectivity index (χ0n) is 14.7. The zero-order valence-corrected chi connectivity index (χ0v) is 14.7. The SMILES string of the molecule is CCOC(=O)c1c(C)oc2ncn(CC(=O)NC(=O)NCC(F)(F)F)c(=O)c12. The van der Waals surface area contributed by atoms with Crippen molar-refractivity contribution in [1.29, 1.82) is 0 Å². The summed E-state index contributed by atoms with van der Waals surface area (Å²) in [5.41, 5.74) is -1.12. The predicted octanol–water partition coefficient (Wildman–Crippen LogP) is 0.863. The summed E-state index contributed by atoms with van der Waals surface area (Å²) >= 11 is 0. The number of hydrogen-bond donors (Lipinski definition) is 2. The number of urea groups is 1. The van der Waals surface area contributed by atoms with Crippen molar-refractivity contribution in [3.8, 4) is 0 Å². The Kier molecular flexibility index (Phi) is 6.06. The number of esters is 1. The molecule has 2 rings (SSSR count). The van der Waals surface area contributed by atoms with E-state index >= 15 is 0 Å². The molecule has 2 heterocycles. The Morgan fingerprint density at radius 3 is 2.61 bits per heavy atom. The molecule has 0 aliphatic rings. The van der Waals surface area contributed by atoms with Crippen LogP contribution < -0.4 is 16.2 Å². The van der Waals surface area contributed by atoms with E-state index in [1.807, 2.05) is 0 Å². The van der Waals surface area contributed by atoms with E-state index in [1.54, 1.807) is 12.2 Å². The number of hydrogen-bond acceptors (Lipinski definition) is 7. The number of nitrogens with zero attached hydrogens (tertiary/aromatic N) is 2. The average Bonchev–Trinajstić information content (AvgIpc) is 2.92. The molecule has 0 saturated carbocycles. The number of carbonyl (C=O) groups is 3. The lowest BCUT2D eigenvalue weighted by molar-refractivity contribution is -0.124. The van der Waals surface area contributed by atoms with Gasteiger partial charge < -0.3 is 14.5 Å². The number of furan rings is 1. The number of aromatic nitrogens is 2. The van der Waals surface area contributed by atoms with Crippen LogP contribution in [0.5, 0.6) is 0 Å². The maximum absolute atomic E-state index is 12.6. The molecule has 0 aromatic carbocycles. The molecular formula is C15H15F3N4O6. The summed E-state index contributed by atoms with van der Waals surface area (Å²) in [6.07, 6.45) is -3.70. The summed E-state index contributed by atoms with van der Waals surface area (Å²) in [6, 6.07) is -1.38. The number of nitrogens with one attached hydrogen (secondary N) is 2. The van der Waals surface area contributed by atoms with Gasteiger partial charge in [0, 0.05) is 0 Å². The largest absolute Gasteiger partial charge is 0.462 e. The van der Waals surface area contributed by atoms with Crippen LogP contribution in [0.4, 0.5) is 18.0 Å². The summed E-state index contributed by atoms with van der Waals surface area (Å²) in [4.78, 5) is 51.5. The summed E-state index contributed by atoms with van der Waals surface area (Å²) < 4.78 is 47.0. The van der Waals surface area contributed by atoms with Crippen molar-refractivity contribution in [2.75, 3.05) is 13.2 Å². The topological polar surface area (TPSA) is 133 Å². The van der Waals surface area contributed by atoms with Gasteiger partial charge in [0.1, 0.15) is 36.1 Å². The van der Waals surface area contributed by atoms with Gasteiger partial charge in [-0.1, -0.05) is 0 Å². The molecule has 10 nitrogen and oxygen atoms in total. The summed E-state index contributed by atoms with van der Waals surface area (Å²) in [6.45, 7) is 0.689. The highest BCUT2D eigenvalue weighted by molar-refractivity contribution is 6.03. The van der Waals surface area contributed by atoms with Gasteiger partial charge in [0.15, 0.2) is 0 Å². The molecule has 2 aromatic rings. The standard InChI is InChI=1S/C15H15F3N4O6/c1-3-27-13(25)9-7(2)28-11-10(9)12(24)22(6-20-11)4-8(23)21-14(26)19-5-15(16,17)18/h6H,3-5H2,1-2H3,(H2,19,21,23,26). The molecule has 0 aliphatic carbocycles. The molecule has 0 fully saturated rings. The van der Waals surface area contributed by atoms with Crippen LogP contribution in [0, 0.1) is 6.92 Å². The molecule has 0 radical (unpaired) electrons. The number of halogens is 3. The number of carbonyl (C=O) groups excluding carboxylic acids is 3. The number of ether oxygens (including phenoxy) is 1. The third kappa shape index (κ3) is 4.86. The van der Waals surface area contributed by atoms with E-state index in [-0.39, 0.29) is 29.0 Å². The molecule has 2 N–H and O–H groups in total. The second-order valence-electron chi connectivity index (χ2n) is 5.46. The highest BCUT2D eigenvalue weighted by Crippen LogP contribution is 2.21. The van der Waals surface area contributed by atoms with E-state index in [9.17, 15) is 32.3 Å². The number of fused-ring (bicyclic) bond motifs is 1. The molecule has 0 bridgehead atoms. The third-order valence-electron chi connectivity index (χ3n) is 3.35. The Bertz CT molecular complexity index is 979. The molecule has 3 amide bonds. The first kappa shape index (κ1) is 20.9. The Morgan fingerprint density at radius 2 is 2.00 bits per heavy atom. The van der Waals surface area contributed by atoms with Gasteiger partial charge in [-0.05, 0) is 13.8 Å². The number of rotatable bonds is 5. The highest BCUT2D eigenvalue weighted by Gasteiger charge is 2.28. The maximum atomic E-state index is 12.6. The van der Waals surface area contributed by atoms with Gasteiger partial charge in [-0.25, -0.2) is 14.6 Å². The monoisotopic (exact) mass is 404 g/mol. The van der Waals surface area contributed by atoms with Gasteiger partial charge in [0.05, 0.1) is 6.61 Å². The van der Waals surface area contributed by atoms with Crippen LogP contribution in [-0.4, -0.2) is 46.8 Å². The van der Waals surface area contributed by atoms with Gasteiger partial charge in [-0.15, -0.1) is 0 Å². The minimum Gasteiger partial charge on any atom is -0.462 e. The molecule has 28 heavy (non-hydrogen) atoms. The van der Waals surface area contributed by atoms with E-state index in [0.717, 1.165) is 10.9 Å². The van der Waals surface area contributed by atoms with Crippen molar-refractivity contribution in [2.24, 2.45) is 0 Å². The van der Waals surface area contributed by atoms with Crippen LogP contribution in [0.1, 0.15) is 23.0 Å². The number of aryl methyl sites for hydroxylation is 1. The zero-order chi connectivity index (χ0) is 21.1. The number of amides is 3. The molecule has 0 aliphatic heterocycles. The van der Waals surface area contributed by atoms with Crippen LogP contribution in [0.25, 0.3) is 11.1 Å². The van der Waals surface area contributed by atoms with E-state index < -0.39 is 42.7 Å². The van der Waals surface area contributed by atoms with Crippen LogP contribution in [0.2, 0.25) is 0 Å². The van der Waals surface area contributed by atoms with Crippen molar-refractivity contribution in [2.45, 2.75) is 26.6 Å². The minimum absolute atomic E-state index is 0.0504. The second kappa shape index (κ2) is 8.10. The predicted molar refractivity (Wildman–Crippen MR) is 86.6 cm³/mol. The molecular weight excluding hydrogens is 389 g/mol. The van der Waals surface area contributed by atoms with Crippen LogP contribution in [-0.2, 0) is 16.1 Å². The van der Waals surface area contributed by atoms with E-state index in [0.29, 0.717) is 0 Å². The van der Waals surface area contributed by atoms with Gasteiger partial charge in [-0.2, -0.15) is 13.2 Å². The Balaban J connectivity index is 2.22. The first-order valence-electron chi connectivity index (χ1n) is 7.83. The first-order valence-corrected chi connectivity index (χ1v) is 7.83. The normalized spacial score (nSPS) is 11.3. The molecule has 0 unspecified atom stereocenters. The summed E-state index contributed by atoms with van der Waals surface area (Å²) in [5.74, 6) is -1.79. The molecule has 0 saturated heterocycles. The average molecular weight is 404 g/mol. The summed E-state index contributed by atoms with van der Waals surface area (Å²) in [7, 11) is 0. The molecule has 13 heteroatoms. The fraction of sp³-hybridized carbons (Fsp3) is 0.400. The lowest BCUT2D eigenvalue weighted by Gasteiger charge is -2.09. The number of imide groups is 1. The Morgan fingerprint density at radius 1 is 1.32 bits per heavy atom. The quantitative estimate of drug-likeness (QED) is 0.707. The van der Waals surface area contributed by atoms with E-state index in [1.165, 1.54) is 12.2 Å². The first-order chi connectivity index (χ1) is 13.0. The summed E-state index contributed by atoms with van der Waals surface area (Å²) in [5, 5.41) is 2.88. The maximum Gasteiger partial charge on any atom is 0.405 e. The van der Waals surface area contributed by atoms with Crippen molar-refractivity contribution in [3.63, 3.8) is 0 Å². The van der Waals surface area contributed by atoms with Crippen LogP contribution in [0.3, 0.4) is 0 Å². The van der Waals surface area contributed by atoms with Crippen molar-refractivity contribution in [3.05, 3.63) is 28.0 Å². The highest BCUT2D eigenvalue weighted by atomic mass is 19.4. The van der Waals surface area contributed by atoms with Crippen molar-refractivity contribution >= 4 is 29.0 Å².